The van der Waals surface area contributed by atoms with E-state index >= 15 is 0 Å². The van der Waals surface area contributed by atoms with Crippen molar-refractivity contribution in [3.05, 3.63) is 47.1 Å². The molecule has 0 aliphatic heterocycles. The Labute approximate surface area is 151 Å². The van der Waals surface area contributed by atoms with Crippen LogP contribution in [-0.2, 0) is 10.0 Å². The first kappa shape index (κ1) is 19.2. The number of rotatable bonds is 6. The number of nitrogens with zero attached hydrogens (tertiary/aromatic N) is 2. The minimum atomic E-state index is -3.72. The molecule has 1 heterocycles. The van der Waals surface area contributed by atoms with Crippen LogP contribution in [0.2, 0.25) is 5.02 Å². The molecule has 0 unspecified atom stereocenters. The van der Waals surface area contributed by atoms with Crippen molar-refractivity contribution in [3.63, 3.8) is 0 Å². The molecule has 1 N–H and O–H groups in total. The highest BCUT2D eigenvalue weighted by atomic mass is 35.5. The van der Waals surface area contributed by atoms with E-state index in [1.165, 1.54) is 32.3 Å². The van der Waals surface area contributed by atoms with Crippen molar-refractivity contribution >= 4 is 33.2 Å². The van der Waals surface area contributed by atoms with E-state index in [9.17, 15) is 13.2 Å². The lowest BCUT2D eigenvalue weighted by molar-refractivity contribution is 0.102. The highest BCUT2D eigenvalue weighted by Crippen LogP contribution is 2.25. The number of benzene rings is 1. The average molecular weight is 384 g/mol. The number of anilines is 1. The largest absolute Gasteiger partial charge is 0.478 e. The number of para-hydroxylation sites is 1. The van der Waals surface area contributed by atoms with Gasteiger partial charge in [-0.25, -0.2) is 17.7 Å². The number of hydrogen-bond donors (Lipinski definition) is 1. The summed E-state index contributed by atoms with van der Waals surface area (Å²) in [5, 5.41) is 2.68. The van der Waals surface area contributed by atoms with E-state index in [0.29, 0.717) is 6.61 Å². The Bertz CT molecular complexity index is 885. The molecular weight excluding hydrogens is 366 g/mol. The number of nitrogens with one attached hydrogen (secondary N) is 1. The molecule has 7 nitrogen and oxygen atoms in total. The zero-order valence-electron chi connectivity index (χ0n) is 14.0. The molecule has 0 bridgehead atoms. The molecule has 0 saturated heterocycles. The average Bonchev–Trinajstić information content (AvgIpc) is 2.57. The van der Waals surface area contributed by atoms with Crippen LogP contribution in [0.3, 0.4) is 0 Å². The zero-order chi connectivity index (χ0) is 18.6. The number of hydrogen-bond acceptors (Lipinski definition) is 5. The van der Waals surface area contributed by atoms with E-state index in [4.69, 9.17) is 16.3 Å². The summed E-state index contributed by atoms with van der Waals surface area (Å²) in [7, 11) is -0.893. The standard InChI is InChI=1S/C16H18ClN3O4S/c1-4-24-14-10-9-11(17)15(19-14)16(21)18-12-7-5-6-8-13(12)25(22,23)20(2)3/h5-10H,4H2,1-3H3,(H,18,21). The Hall–Kier alpha value is -2.16. The van der Waals surface area contributed by atoms with Gasteiger partial charge in [0.2, 0.25) is 15.9 Å². The van der Waals surface area contributed by atoms with Gasteiger partial charge in [-0.2, -0.15) is 0 Å². The fourth-order valence-corrected chi connectivity index (χ4v) is 3.22. The summed E-state index contributed by atoms with van der Waals surface area (Å²) < 4.78 is 31.1. The Morgan fingerprint density at radius 2 is 1.92 bits per heavy atom. The van der Waals surface area contributed by atoms with E-state index in [-0.39, 0.29) is 27.2 Å². The molecular formula is C16H18ClN3O4S. The number of carbonyl (C=O) groups excluding carboxylic acids is 1. The summed E-state index contributed by atoms with van der Waals surface area (Å²) in [6.07, 6.45) is 0. The lowest BCUT2D eigenvalue weighted by Crippen LogP contribution is -2.24. The minimum absolute atomic E-state index is 0.0227. The van der Waals surface area contributed by atoms with Gasteiger partial charge in [0.1, 0.15) is 4.90 Å². The van der Waals surface area contributed by atoms with Crippen LogP contribution in [0.4, 0.5) is 5.69 Å². The van der Waals surface area contributed by atoms with Gasteiger partial charge in [0, 0.05) is 20.2 Å². The van der Waals surface area contributed by atoms with Crippen LogP contribution in [0.1, 0.15) is 17.4 Å². The first-order valence-corrected chi connectivity index (χ1v) is 9.21. The second-order valence-corrected chi connectivity index (χ2v) is 7.68. The normalized spacial score (nSPS) is 11.4. The molecule has 0 radical (unpaired) electrons. The molecule has 2 rings (SSSR count). The third-order valence-electron chi connectivity index (χ3n) is 3.22. The SMILES string of the molecule is CCOc1ccc(Cl)c(C(=O)Nc2ccccc2S(=O)(=O)N(C)C)n1. The van der Waals surface area contributed by atoms with Crippen LogP contribution in [0.15, 0.2) is 41.3 Å². The highest BCUT2D eigenvalue weighted by molar-refractivity contribution is 7.89. The summed E-state index contributed by atoms with van der Waals surface area (Å²) in [6.45, 7) is 2.18. The van der Waals surface area contributed by atoms with E-state index in [1.807, 2.05) is 0 Å². The molecule has 0 spiro atoms. The van der Waals surface area contributed by atoms with Gasteiger partial charge in [-0.05, 0) is 25.1 Å². The first-order valence-electron chi connectivity index (χ1n) is 7.39. The van der Waals surface area contributed by atoms with Crippen molar-refractivity contribution in [3.8, 4) is 5.88 Å². The zero-order valence-corrected chi connectivity index (χ0v) is 15.6. The van der Waals surface area contributed by atoms with Gasteiger partial charge in [0.25, 0.3) is 5.91 Å². The highest BCUT2D eigenvalue weighted by Gasteiger charge is 2.23. The predicted octanol–water partition coefficient (Wildman–Crippen LogP) is 2.64. The fourth-order valence-electron chi connectivity index (χ4n) is 1.98. The molecule has 1 aromatic heterocycles. The van der Waals surface area contributed by atoms with Gasteiger partial charge in [-0.15, -0.1) is 0 Å². The molecule has 0 fully saturated rings. The maximum atomic E-state index is 12.5. The van der Waals surface area contributed by atoms with E-state index < -0.39 is 15.9 Å². The van der Waals surface area contributed by atoms with Crippen molar-refractivity contribution in [2.75, 3.05) is 26.0 Å². The smallest absolute Gasteiger partial charge is 0.275 e. The summed E-state index contributed by atoms with van der Waals surface area (Å²) in [4.78, 5) is 16.6. The predicted molar refractivity (Wildman–Crippen MR) is 95.7 cm³/mol. The van der Waals surface area contributed by atoms with Crippen LogP contribution in [-0.4, -0.2) is 44.3 Å². The van der Waals surface area contributed by atoms with Gasteiger partial charge in [0.05, 0.1) is 17.3 Å². The maximum absolute atomic E-state index is 12.5. The van der Waals surface area contributed by atoms with E-state index in [0.717, 1.165) is 4.31 Å². The Kier molecular flexibility index (Phi) is 5.99. The Balaban J connectivity index is 2.39. The second-order valence-electron chi connectivity index (χ2n) is 5.15. The molecule has 1 amide bonds. The number of carbonyl (C=O) groups is 1. The van der Waals surface area contributed by atoms with Crippen LogP contribution in [0.5, 0.6) is 5.88 Å². The molecule has 1 aromatic carbocycles. The van der Waals surface area contributed by atoms with Crippen molar-refractivity contribution in [1.29, 1.82) is 0 Å². The molecule has 0 aliphatic carbocycles. The molecule has 0 saturated carbocycles. The number of amides is 1. The summed E-state index contributed by atoms with van der Waals surface area (Å²) in [6, 6.07) is 9.15. The van der Waals surface area contributed by atoms with Gasteiger partial charge >= 0.3 is 0 Å². The summed E-state index contributed by atoms with van der Waals surface area (Å²) in [5.74, 6) is -0.376. The number of ether oxygens (including phenoxy) is 1. The van der Waals surface area contributed by atoms with Crippen LogP contribution >= 0.6 is 11.6 Å². The van der Waals surface area contributed by atoms with Crippen molar-refractivity contribution in [2.45, 2.75) is 11.8 Å². The molecule has 134 valence electrons. The number of halogens is 1. The Morgan fingerprint density at radius 1 is 1.24 bits per heavy atom. The maximum Gasteiger partial charge on any atom is 0.275 e. The van der Waals surface area contributed by atoms with Gasteiger partial charge in [0.15, 0.2) is 5.69 Å². The summed E-state index contributed by atoms with van der Waals surface area (Å²) in [5.41, 5.74) is 0.0885. The molecule has 9 heteroatoms. The van der Waals surface area contributed by atoms with E-state index in [1.54, 1.807) is 25.1 Å². The third-order valence-corrected chi connectivity index (χ3v) is 5.40. The summed E-state index contributed by atoms with van der Waals surface area (Å²) >= 11 is 6.03. The number of pyridine rings is 1. The topological polar surface area (TPSA) is 88.6 Å². The lowest BCUT2D eigenvalue weighted by atomic mass is 10.3. The molecule has 25 heavy (non-hydrogen) atoms. The minimum Gasteiger partial charge on any atom is -0.478 e. The fraction of sp³-hybridized carbons (Fsp3) is 0.250. The molecule has 0 atom stereocenters. The number of sulfonamides is 1. The number of aromatic nitrogens is 1. The van der Waals surface area contributed by atoms with E-state index in [2.05, 4.69) is 10.3 Å². The van der Waals surface area contributed by atoms with Crippen molar-refractivity contribution in [1.82, 2.24) is 9.29 Å². The van der Waals surface area contributed by atoms with Crippen LogP contribution in [0, 0.1) is 0 Å². The van der Waals surface area contributed by atoms with Crippen LogP contribution < -0.4 is 10.1 Å². The second kappa shape index (κ2) is 7.81. The monoisotopic (exact) mass is 383 g/mol. The third kappa shape index (κ3) is 4.28. The van der Waals surface area contributed by atoms with Crippen molar-refractivity contribution < 1.29 is 17.9 Å². The van der Waals surface area contributed by atoms with Gasteiger partial charge < -0.3 is 10.1 Å². The van der Waals surface area contributed by atoms with Gasteiger partial charge in [-0.3, -0.25) is 4.79 Å². The molecule has 0 aliphatic rings. The van der Waals surface area contributed by atoms with Gasteiger partial charge in [-0.1, -0.05) is 23.7 Å². The first-order chi connectivity index (χ1) is 11.8. The lowest BCUT2D eigenvalue weighted by Gasteiger charge is -2.15. The Morgan fingerprint density at radius 3 is 2.56 bits per heavy atom. The quantitative estimate of drug-likeness (QED) is 0.828. The molecule has 2 aromatic rings. The van der Waals surface area contributed by atoms with Crippen molar-refractivity contribution in [2.24, 2.45) is 0 Å². The van der Waals surface area contributed by atoms with Crippen LogP contribution in [0.25, 0.3) is 0 Å².